The van der Waals surface area contributed by atoms with Crippen LogP contribution >= 0.6 is 53.5 Å². The van der Waals surface area contributed by atoms with Gasteiger partial charge in [-0.15, -0.1) is 0 Å². The molecule has 124 valence electrons. The molecule has 1 aromatic rings. The van der Waals surface area contributed by atoms with E-state index in [-0.39, 0.29) is 5.11 Å². The number of hydrogen-bond donors (Lipinski definition) is 2. The summed E-state index contributed by atoms with van der Waals surface area (Å²) >= 11 is 18.3. The van der Waals surface area contributed by atoms with Gasteiger partial charge in [0.15, 0.2) is 5.11 Å². The summed E-state index contributed by atoms with van der Waals surface area (Å²) in [5.74, 6) is 1.10. The Kier molecular flexibility index (Phi) is 8.54. The third-order valence-corrected chi connectivity index (χ3v) is 7.34. The van der Waals surface area contributed by atoms with E-state index in [1.165, 1.54) is 11.4 Å². The second-order valence-corrected chi connectivity index (χ2v) is 10.4. The van der Waals surface area contributed by atoms with Crippen LogP contribution in [0.2, 0.25) is 10.0 Å². The molecular weight excluding hydrogens is 382 g/mol. The lowest BCUT2D eigenvalue weighted by molar-refractivity contribution is 0.343. The fraction of sp³-hybridized carbons (Fsp3) is 0.462. The van der Waals surface area contributed by atoms with Crippen molar-refractivity contribution in [1.82, 2.24) is 5.09 Å². The Morgan fingerprint density at radius 1 is 1.36 bits per heavy atom. The van der Waals surface area contributed by atoms with E-state index >= 15 is 0 Å². The van der Waals surface area contributed by atoms with Crippen molar-refractivity contribution in [2.75, 3.05) is 17.7 Å². The first-order chi connectivity index (χ1) is 10.2. The molecule has 4 nitrogen and oxygen atoms in total. The highest BCUT2D eigenvalue weighted by atomic mass is 35.5. The van der Waals surface area contributed by atoms with Crippen LogP contribution in [0, 0.1) is 5.92 Å². The monoisotopic (exact) mass is 400 g/mol. The zero-order chi connectivity index (χ0) is 16.8. The van der Waals surface area contributed by atoms with Gasteiger partial charge in [0.1, 0.15) is 0 Å². The Bertz CT molecular complexity index is 553. The lowest BCUT2D eigenvalue weighted by Gasteiger charge is -2.20. The lowest BCUT2D eigenvalue weighted by atomic mass is 10.3. The van der Waals surface area contributed by atoms with Crippen LogP contribution in [0.25, 0.3) is 0 Å². The fourth-order valence-electron chi connectivity index (χ4n) is 1.43. The third-order valence-electron chi connectivity index (χ3n) is 2.24. The first-order valence-corrected chi connectivity index (χ1v) is 11.1. The Balaban J connectivity index is 2.72. The van der Waals surface area contributed by atoms with E-state index in [0.717, 1.165) is 0 Å². The minimum absolute atomic E-state index is 0.200. The lowest BCUT2D eigenvalue weighted by Crippen LogP contribution is -2.26. The number of rotatable bonds is 7. The summed E-state index contributed by atoms with van der Waals surface area (Å²) in [5, 5.41) is 6.85. The van der Waals surface area contributed by atoms with Gasteiger partial charge in [0, 0.05) is 21.5 Å². The van der Waals surface area contributed by atoms with Gasteiger partial charge in [-0.25, -0.2) is 0 Å². The smallest absolute Gasteiger partial charge is 0.332 e. The van der Waals surface area contributed by atoms with Gasteiger partial charge in [-0.3, -0.25) is 9.65 Å². The summed E-state index contributed by atoms with van der Waals surface area (Å²) in [6.45, 7) is 3.13. The summed E-state index contributed by atoms with van der Waals surface area (Å²) in [5.41, 5.74) is 0.618. The molecule has 0 saturated heterocycles. The van der Waals surface area contributed by atoms with Crippen molar-refractivity contribution in [3.05, 3.63) is 28.2 Å². The highest BCUT2D eigenvalue weighted by Crippen LogP contribution is 2.56. The van der Waals surface area contributed by atoms with E-state index in [1.807, 2.05) is 13.8 Å². The van der Waals surface area contributed by atoms with Crippen molar-refractivity contribution < 1.29 is 9.09 Å². The molecule has 0 spiro atoms. The van der Waals surface area contributed by atoms with Crippen LogP contribution in [0.1, 0.15) is 20.8 Å². The van der Waals surface area contributed by atoms with Gasteiger partial charge in [0.2, 0.25) is 0 Å². The molecule has 1 aromatic carbocycles. The van der Waals surface area contributed by atoms with E-state index in [1.54, 1.807) is 25.1 Å². The van der Waals surface area contributed by atoms with Crippen LogP contribution in [0.3, 0.4) is 0 Å². The quantitative estimate of drug-likeness (QED) is 0.444. The zero-order valence-corrected chi connectivity index (χ0v) is 16.6. The minimum atomic E-state index is -3.09. The third kappa shape index (κ3) is 7.53. The normalized spacial score (nSPS) is 13.7. The molecule has 0 amide bonds. The summed E-state index contributed by atoms with van der Waals surface area (Å²) in [7, 11) is 0. The van der Waals surface area contributed by atoms with Gasteiger partial charge in [0.25, 0.3) is 0 Å². The van der Waals surface area contributed by atoms with E-state index in [9.17, 15) is 4.57 Å². The first kappa shape index (κ1) is 20.1. The van der Waals surface area contributed by atoms with Crippen LogP contribution in [0.15, 0.2) is 18.2 Å². The molecule has 1 atom stereocenters. The highest BCUT2D eigenvalue weighted by molar-refractivity contribution is 8.56. The molecule has 0 heterocycles. The van der Waals surface area contributed by atoms with Crippen LogP contribution < -0.4 is 10.4 Å². The summed E-state index contributed by atoms with van der Waals surface area (Å²) in [6, 6.07) is 4.97. The number of hydrogen-bond acceptors (Lipinski definition) is 4. The second-order valence-electron chi connectivity index (χ2n) is 4.83. The number of benzene rings is 1. The Hall–Kier alpha value is 0.0300. The van der Waals surface area contributed by atoms with Crippen LogP contribution in [-0.4, -0.2) is 17.5 Å². The van der Waals surface area contributed by atoms with E-state index in [4.69, 9.17) is 39.9 Å². The molecule has 1 rings (SSSR count). The largest absolute Gasteiger partial charge is 0.352 e. The number of thiocarbonyl (C=S) groups is 1. The molecule has 1 unspecified atom stereocenters. The minimum Gasteiger partial charge on any atom is -0.332 e. The van der Waals surface area contributed by atoms with Crippen molar-refractivity contribution in [1.29, 1.82) is 0 Å². The van der Waals surface area contributed by atoms with Gasteiger partial charge in [0.05, 0.1) is 6.61 Å². The van der Waals surface area contributed by atoms with Gasteiger partial charge < -0.3 is 9.84 Å². The molecule has 0 bridgehead atoms. The summed E-state index contributed by atoms with van der Waals surface area (Å²) < 4.78 is 18.1. The molecule has 22 heavy (non-hydrogen) atoms. The molecule has 0 aliphatic heterocycles. The van der Waals surface area contributed by atoms with Gasteiger partial charge in [-0.2, -0.15) is 0 Å². The number of halogens is 2. The number of anilines is 1. The van der Waals surface area contributed by atoms with Crippen molar-refractivity contribution in [2.45, 2.75) is 20.8 Å². The Morgan fingerprint density at radius 2 is 1.95 bits per heavy atom. The zero-order valence-electron chi connectivity index (χ0n) is 12.6. The molecule has 0 radical (unpaired) electrons. The van der Waals surface area contributed by atoms with Crippen LogP contribution in [0.4, 0.5) is 5.69 Å². The van der Waals surface area contributed by atoms with Crippen molar-refractivity contribution in [3.63, 3.8) is 0 Å². The Morgan fingerprint density at radius 3 is 2.45 bits per heavy atom. The fourth-order valence-corrected chi connectivity index (χ4v) is 6.44. The summed E-state index contributed by atoms with van der Waals surface area (Å²) in [4.78, 5) is 0. The van der Waals surface area contributed by atoms with Gasteiger partial charge in [-0.05, 0) is 54.6 Å². The SMILES string of the molecule is CCOP(=O)(NC(=S)Nc1cc(Cl)cc(Cl)c1)SCC(C)C. The van der Waals surface area contributed by atoms with Crippen molar-refractivity contribution in [3.8, 4) is 0 Å². The highest BCUT2D eigenvalue weighted by Gasteiger charge is 2.25. The van der Waals surface area contributed by atoms with Crippen LogP contribution in [-0.2, 0) is 9.09 Å². The molecule has 0 saturated carbocycles. The van der Waals surface area contributed by atoms with E-state index < -0.39 is 6.72 Å². The molecule has 2 N–H and O–H groups in total. The predicted octanol–water partition coefficient (Wildman–Crippen LogP) is 5.81. The second kappa shape index (κ2) is 9.36. The molecule has 9 heteroatoms. The van der Waals surface area contributed by atoms with Gasteiger partial charge in [-0.1, -0.05) is 37.0 Å². The van der Waals surface area contributed by atoms with Crippen molar-refractivity contribution >= 4 is 64.3 Å². The molecule has 0 aromatic heterocycles. The van der Waals surface area contributed by atoms with E-state index in [0.29, 0.717) is 34.0 Å². The van der Waals surface area contributed by atoms with Gasteiger partial charge >= 0.3 is 6.72 Å². The standard InChI is InChI=1S/C13H19Cl2N2O2PS2/c1-4-19-20(18,22-8-9(2)3)17-13(21)16-12-6-10(14)5-11(15)7-12/h5-7,9H,4,8H2,1-3H3,(H2,16,17,18,21). The number of nitrogens with one attached hydrogen (secondary N) is 2. The van der Waals surface area contributed by atoms with Crippen molar-refractivity contribution in [2.24, 2.45) is 5.92 Å². The molecule has 0 fully saturated rings. The maximum Gasteiger partial charge on any atom is 0.352 e. The molecular formula is C13H19Cl2N2O2PS2. The Labute approximate surface area is 150 Å². The van der Waals surface area contributed by atoms with E-state index in [2.05, 4.69) is 10.4 Å². The van der Waals surface area contributed by atoms with Crippen LogP contribution in [0.5, 0.6) is 0 Å². The average Bonchev–Trinajstić information content (AvgIpc) is 2.35. The topological polar surface area (TPSA) is 50.4 Å². The molecule has 0 aliphatic rings. The molecule has 0 aliphatic carbocycles. The first-order valence-electron chi connectivity index (χ1n) is 6.68. The average molecular weight is 401 g/mol. The maximum atomic E-state index is 12.7. The maximum absolute atomic E-state index is 12.7. The summed E-state index contributed by atoms with van der Waals surface area (Å²) in [6.07, 6.45) is 0. The predicted molar refractivity (Wildman–Crippen MR) is 102 cm³/mol.